The number of aryl methyl sites for hydroxylation is 1. The van der Waals surface area contributed by atoms with E-state index in [0.717, 1.165) is 23.6 Å². The predicted octanol–water partition coefficient (Wildman–Crippen LogP) is 3.11. The van der Waals surface area contributed by atoms with E-state index in [4.69, 9.17) is 0 Å². The molecule has 0 radical (unpaired) electrons. The third kappa shape index (κ3) is 3.92. The maximum absolute atomic E-state index is 12.9. The van der Waals surface area contributed by atoms with Gasteiger partial charge in [0.15, 0.2) is 5.03 Å². The number of pyridine rings is 1. The quantitative estimate of drug-likeness (QED) is 0.661. The highest BCUT2D eigenvalue weighted by Crippen LogP contribution is 2.30. The molecule has 1 amide bonds. The van der Waals surface area contributed by atoms with E-state index < -0.39 is 31.8 Å². The van der Waals surface area contributed by atoms with Gasteiger partial charge in [-0.2, -0.15) is 18.3 Å². The number of benzene rings is 1. The summed E-state index contributed by atoms with van der Waals surface area (Å²) in [4.78, 5) is 15.8. The minimum Gasteiger partial charge on any atom is -0.348 e. The van der Waals surface area contributed by atoms with Crippen LogP contribution in [0.3, 0.4) is 0 Å². The molecule has 0 fully saturated rings. The Bertz CT molecular complexity index is 1190. The van der Waals surface area contributed by atoms with Crippen LogP contribution in [0.1, 0.15) is 27.3 Å². The minimum absolute atomic E-state index is 0.0519. The van der Waals surface area contributed by atoms with Crippen molar-refractivity contribution in [3.05, 3.63) is 71.2 Å². The average molecular weight is 438 g/mol. The monoisotopic (exact) mass is 438 g/mol. The molecular formula is C19H17F3N4O3S. The van der Waals surface area contributed by atoms with Crippen molar-refractivity contribution in [2.75, 3.05) is 0 Å². The van der Waals surface area contributed by atoms with Gasteiger partial charge in [0.2, 0.25) is 0 Å². The van der Waals surface area contributed by atoms with Crippen molar-refractivity contribution in [1.29, 1.82) is 0 Å². The molecule has 0 bridgehead atoms. The Kier molecular flexibility index (Phi) is 5.66. The van der Waals surface area contributed by atoms with E-state index in [0.29, 0.717) is 11.3 Å². The van der Waals surface area contributed by atoms with Crippen LogP contribution < -0.4 is 5.32 Å². The summed E-state index contributed by atoms with van der Waals surface area (Å²) in [5.74, 6) is -0.989. The zero-order chi connectivity index (χ0) is 22.1. The molecule has 1 aromatic carbocycles. The molecule has 0 atom stereocenters. The summed E-state index contributed by atoms with van der Waals surface area (Å²) in [5, 5.41) is 5.56. The molecule has 3 aromatic rings. The van der Waals surface area contributed by atoms with E-state index in [2.05, 4.69) is 15.4 Å². The van der Waals surface area contributed by atoms with E-state index in [1.807, 2.05) is 30.3 Å². The highest BCUT2D eigenvalue weighted by molar-refractivity contribution is 7.92. The fraction of sp³-hybridized carbons (Fsp3) is 0.211. The van der Waals surface area contributed by atoms with Crippen LogP contribution in [0.25, 0.3) is 5.69 Å². The fourth-order valence-electron chi connectivity index (χ4n) is 2.90. The van der Waals surface area contributed by atoms with Gasteiger partial charge >= 0.3 is 5.51 Å². The van der Waals surface area contributed by atoms with Gasteiger partial charge in [0, 0.05) is 24.0 Å². The molecule has 2 heterocycles. The number of carbonyl (C=O) groups excluding carboxylic acids is 1. The lowest BCUT2D eigenvalue weighted by atomic mass is 10.2. The number of carbonyl (C=O) groups is 1. The molecule has 0 saturated heterocycles. The summed E-state index contributed by atoms with van der Waals surface area (Å²) >= 11 is 0. The van der Waals surface area contributed by atoms with E-state index in [1.54, 1.807) is 18.5 Å². The smallest absolute Gasteiger partial charge is 0.348 e. The summed E-state index contributed by atoms with van der Waals surface area (Å²) in [5.41, 5.74) is -3.43. The average Bonchev–Trinajstić information content (AvgIpc) is 2.99. The summed E-state index contributed by atoms with van der Waals surface area (Å²) < 4.78 is 63.9. The standard InChI is InChI=1S/C19H17F3N4O3S/c1-12-16(13(2)26(25-12)14-7-4-3-5-8-14)11-24-17(27)15-9-6-10-23-18(15)30(28,29)19(20,21)22/h3-10H,11H2,1-2H3,(H,24,27). The number of halogens is 3. The van der Waals surface area contributed by atoms with Gasteiger partial charge in [-0.25, -0.2) is 18.1 Å². The van der Waals surface area contributed by atoms with Crippen LogP contribution in [0.2, 0.25) is 0 Å². The van der Waals surface area contributed by atoms with Gasteiger partial charge in [0.05, 0.1) is 16.9 Å². The van der Waals surface area contributed by atoms with Crippen molar-refractivity contribution in [3.63, 3.8) is 0 Å². The Labute approximate surface area is 170 Å². The number of sulfone groups is 1. The first-order valence-corrected chi connectivity index (χ1v) is 10.2. The lowest BCUT2D eigenvalue weighted by molar-refractivity contribution is -0.0438. The summed E-state index contributed by atoms with van der Waals surface area (Å²) in [6.45, 7) is 3.47. The second-order valence-corrected chi connectivity index (χ2v) is 8.24. The van der Waals surface area contributed by atoms with E-state index in [9.17, 15) is 26.4 Å². The highest BCUT2D eigenvalue weighted by atomic mass is 32.2. The molecule has 2 aromatic heterocycles. The Morgan fingerprint density at radius 1 is 1.10 bits per heavy atom. The number of alkyl halides is 3. The number of nitrogens with zero attached hydrogens (tertiary/aromatic N) is 3. The Morgan fingerprint density at radius 2 is 1.77 bits per heavy atom. The van der Waals surface area contributed by atoms with E-state index in [-0.39, 0.29) is 6.54 Å². The van der Waals surface area contributed by atoms with Gasteiger partial charge in [-0.3, -0.25) is 4.79 Å². The molecule has 3 rings (SSSR count). The normalized spacial score (nSPS) is 12.0. The van der Waals surface area contributed by atoms with Crippen molar-refractivity contribution in [2.45, 2.75) is 30.9 Å². The first-order chi connectivity index (χ1) is 14.0. The third-order valence-electron chi connectivity index (χ3n) is 4.44. The molecule has 0 aliphatic heterocycles. The van der Waals surface area contributed by atoms with Gasteiger partial charge in [0.25, 0.3) is 15.7 Å². The first-order valence-electron chi connectivity index (χ1n) is 8.69. The molecule has 158 valence electrons. The molecule has 11 heteroatoms. The molecule has 30 heavy (non-hydrogen) atoms. The Hall–Kier alpha value is -3.21. The predicted molar refractivity (Wildman–Crippen MR) is 102 cm³/mol. The first kappa shape index (κ1) is 21.5. The summed E-state index contributed by atoms with van der Waals surface area (Å²) in [6.07, 6.45) is 0.883. The van der Waals surface area contributed by atoms with Crippen molar-refractivity contribution >= 4 is 15.7 Å². The van der Waals surface area contributed by atoms with Crippen molar-refractivity contribution < 1.29 is 26.4 Å². The zero-order valence-electron chi connectivity index (χ0n) is 15.9. The number of aromatic nitrogens is 3. The van der Waals surface area contributed by atoms with Crippen LogP contribution in [-0.2, 0) is 16.4 Å². The van der Waals surface area contributed by atoms with Crippen molar-refractivity contribution in [1.82, 2.24) is 20.1 Å². The van der Waals surface area contributed by atoms with Crippen molar-refractivity contribution in [2.24, 2.45) is 0 Å². The maximum Gasteiger partial charge on any atom is 0.503 e. The zero-order valence-corrected chi connectivity index (χ0v) is 16.8. The second-order valence-electron chi connectivity index (χ2n) is 6.38. The summed E-state index contributed by atoms with van der Waals surface area (Å²) in [7, 11) is -5.77. The van der Waals surface area contributed by atoms with Gasteiger partial charge < -0.3 is 5.32 Å². The second kappa shape index (κ2) is 7.90. The van der Waals surface area contributed by atoms with Gasteiger partial charge in [-0.05, 0) is 38.1 Å². The number of para-hydroxylation sites is 1. The van der Waals surface area contributed by atoms with E-state index in [1.165, 1.54) is 6.07 Å². The Morgan fingerprint density at radius 3 is 2.40 bits per heavy atom. The largest absolute Gasteiger partial charge is 0.503 e. The van der Waals surface area contributed by atoms with Crippen LogP contribution in [0.4, 0.5) is 13.2 Å². The van der Waals surface area contributed by atoms with Crippen LogP contribution in [0.15, 0.2) is 53.7 Å². The summed E-state index contributed by atoms with van der Waals surface area (Å²) in [6, 6.07) is 11.4. The number of hydrogen-bond acceptors (Lipinski definition) is 5. The molecule has 0 aliphatic rings. The topological polar surface area (TPSA) is 93.9 Å². The molecule has 1 N–H and O–H groups in total. The molecule has 7 nitrogen and oxygen atoms in total. The fourth-order valence-corrected chi connectivity index (χ4v) is 3.77. The highest BCUT2D eigenvalue weighted by Gasteiger charge is 2.49. The van der Waals surface area contributed by atoms with E-state index >= 15 is 0 Å². The van der Waals surface area contributed by atoms with Crippen LogP contribution >= 0.6 is 0 Å². The van der Waals surface area contributed by atoms with Gasteiger partial charge in [-0.1, -0.05) is 18.2 Å². The number of rotatable bonds is 5. The van der Waals surface area contributed by atoms with Gasteiger partial charge in [-0.15, -0.1) is 0 Å². The third-order valence-corrected chi connectivity index (χ3v) is 5.89. The lowest BCUT2D eigenvalue weighted by Gasteiger charge is -2.12. The van der Waals surface area contributed by atoms with Crippen LogP contribution in [-0.4, -0.2) is 34.6 Å². The molecule has 0 spiro atoms. The lowest BCUT2D eigenvalue weighted by Crippen LogP contribution is -2.30. The van der Waals surface area contributed by atoms with Crippen molar-refractivity contribution in [3.8, 4) is 5.69 Å². The minimum atomic E-state index is -5.77. The molecule has 0 saturated carbocycles. The Balaban J connectivity index is 1.87. The molecule has 0 aliphatic carbocycles. The van der Waals surface area contributed by atoms with Gasteiger partial charge in [0.1, 0.15) is 0 Å². The molecule has 0 unspecified atom stereocenters. The SMILES string of the molecule is Cc1nn(-c2ccccc2)c(C)c1CNC(=O)c1cccnc1S(=O)(=O)C(F)(F)F. The van der Waals surface area contributed by atoms with Crippen LogP contribution in [0, 0.1) is 13.8 Å². The number of amides is 1. The van der Waals surface area contributed by atoms with Crippen LogP contribution in [0.5, 0.6) is 0 Å². The molecular weight excluding hydrogens is 421 g/mol. The number of nitrogens with one attached hydrogen (secondary N) is 1. The number of hydrogen-bond donors (Lipinski definition) is 1. The maximum atomic E-state index is 12.9.